The highest BCUT2D eigenvalue weighted by Gasteiger charge is 2.26. The number of rotatable bonds is 6. The van der Waals surface area contributed by atoms with E-state index in [-0.39, 0.29) is 29.8 Å². The Hall–Kier alpha value is -3.76. The van der Waals surface area contributed by atoms with E-state index in [1.807, 2.05) is 28.5 Å². The Bertz CT molecular complexity index is 1270. The number of amides is 3. The van der Waals surface area contributed by atoms with E-state index >= 15 is 0 Å². The van der Waals surface area contributed by atoms with Gasteiger partial charge in [0.15, 0.2) is 0 Å². The first-order chi connectivity index (χ1) is 18.5. The van der Waals surface area contributed by atoms with Crippen molar-refractivity contribution in [2.75, 3.05) is 36.4 Å². The van der Waals surface area contributed by atoms with Crippen LogP contribution in [0.2, 0.25) is 0 Å². The molecule has 198 valence electrons. The Morgan fingerprint density at radius 2 is 1.71 bits per heavy atom. The minimum Gasteiger partial charge on any atom is -0.366 e. The molecule has 1 aliphatic heterocycles. The van der Waals surface area contributed by atoms with E-state index in [1.54, 1.807) is 30.5 Å². The topological polar surface area (TPSA) is 121 Å². The predicted octanol–water partition coefficient (Wildman–Crippen LogP) is 3.36. The molecule has 2 fully saturated rings. The quantitative estimate of drug-likeness (QED) is 0.448. The van der Waals surface area contributed by atoms with E-state index < -0.39 is 0 Å². The van der Waals surface area contributed by atoms with Gasteiger partial charge in [0.05, 0.1) is 21.8 Å². The van der Waals surface area contributed by atoms with Crippen molar-refractivity contribution >= 4 is 40.4 Å². The molecule has 9 nitrogen and oxygen atoms in total. The zero-order chi connectivity index (χ0) is 26.5. The third kappa shape index (κ3) is 6.03. The van der Waals surface area contributed by atoms with Crippen LogP contribution in [0.1, 0.15) is 56.1 Å². The number of nitrogens with zero attached hydrogens (tertiary/aromatic N) is 3. The molecule has 0 spiro atoms. The number of hydrogen-bond donors (Lipinski definition) is 3. The molecular weight excluding hydrogens is 500 g/mol. The third-order valence-corrected chi connectivity index (χ3v) is 8.04. The normalized spacial score (nSPS) is 19.6. The van der Waals surface area contributed by atoms with Gasteiger partial charge in [-0.25, -0.2) is 0 Å². The Morgan fingerprint density at radius 1 is 0.921 bits per heavy atom. The molecule has 2 aromatic heterocycles. The fourth-order valence-corrected chi connectivity index (χ4v) is 5.67. The molecule has 4 N–H and O–H groups in total. The van der Waals surface area contributed by atoms with E-state index in [2.05, 4.69) is 20.5 Å². The van der Waals surface area contributed by atoms with Crippen molar-refractivity contribution in [3.8, 4) is 0 Å². The van der Waals surface area contributed by atoms with Crippen molar-refractivity contribution < 1.29 is 14.4 Å². The zero-order valence-corrected chi connectivity index (χ0v) is 22.0. The zero-order valence-electron chi connectivity index (χ0n) is 21.1. The number of thiophene rings is 1. The average Bonchev–Trinajstić information content (AvgIpc) is 3.50. The maximum Gasteiger partial charge on any atom is 0.264 e. The van der Waals surface area contributed by atoms with E-state index in [4.69, 9.17) is 5.73 Å². The number of aromatic nitrogens is 1. The van der Waals surface area contributed by atoms with Crippen LogP contribution in [0.15, 0.2) is 60.2 Å². The molecule has 1 aromatic carbocycles. The van der Waals surface area contributed by atoms with Crippen LogP contribution in [0.4, 0.5) is 11.4 Å². The van der Waals surface area contributed by atoms with Crippen LogP contribution >= 0.6 is 11.3 Å². The number of nitrogens with two attached hydrogens (primary N) is 1. The van der Waals surface area contributed by atoms with Crippen LogP contribution in [0.25, 0.3) is 0 Å². The highest BCUT2D eigenvalue weighted by atomic mass is 32.1. The lowest BCUT2D eigenvalue weighted by Gasteiger charge is -2.37. The van der Waals surface area contributed by atoms with Crippen molar-refractivity contribution in [1.29, 1.82) is 0 Å². The van der Waals surface area contributed by atoms with Gasteiger partial charge < -0.3 is 26.2 Å². The maximum atomic E-state index is 13.1. The minimum absolute atomic E-state index is 0.0421. The molecule has 3 aromatic rings. The van der Waals surface area contributed by atoms with Gasteiger partial charge in [-0.15, -0.1) is 11.3 Å². The molecule has 3 amide bonds. The largest absolute Gasteiger partial charge is 0.366 e. The summed E-state index contributed by atoms with van der Waals surface area (Å²) in [6.07, 6.45) is 6.65. The summed E-state index contributed by atoms with van der Waals surface area (Å²) in [6, 6.07) is 12.8. The van der Waals surface area contributed by atoms with Crippen molar-refractivity contribution in [2.45, 2.75) is 37.8 Å². The van der Waals surface area contributed by atoms with E-state index in [0.29, 0.717) is 43.0 Å². The van der Waals surface area contributed by atoms with Gasteiger partial charge in [-0.2, -0.15) is 0 Å². The van der Waals surface area contributed by atoms with Gasteiger partial charge in [-0.05, 0) is 67.5 Å². The van der Waals surface area contributed by atoms with Gasteiger partial charge in [0.1, 0.15) is 0 Å². The summed E-state index contributed by atoms with van der Waals surface area (Å²) in [6.45, 7) is 2.36. The van der Waals surface area contributed by atoms with Gasteiger partial charge in [0.25, 0.3) is 17.7 Å². The molecule has 0 unspecified atom stereocenters. The maximum absolute atomic E-state index is 13.1. The summed E-state index contributed by atoms with van der Waals surface area (Å²) in [5.74, 6) is -0.426. The van der Waals surface area contributed by atoms with Crippen molar-refractivity contribution in [3.63, 3.8) is 0 Å². The Kier molecular flexibility index (Phi) is 8.00. The average molecular weight is 533 g/mol. The summed E-state index contributed by atoms with van der Waals surface area (Å²) in [5.41, 5.74) is 8.28. The van der Waals surface area contributed by atoms with Crippen molar-refractivity contribution in [1.82, 2.24) is 15.2 Å². The van der Waals surface area contributed by atoms with Crippen LogP contribution in [-0.2, 0) is 0 Å². The van der Waals surface area contributed by atoms with Crippen molar-refractivity contribution in [2.24, 2.45) is 5.73 Å². The first-order valence-electron chi connectivity index (χ1n) is 13.0. The number of carbonyl (C=O) groups excluding carboxylic acids is 3. The highest BCUT2D eigenvalue weighted by molar-refractivity contribution is 7.12. The number of piperazine rings is 1. The minimum atomic E-state index is -0.301. The Balaban J connectivity index is 1.33. The van der Waals surface area contributed by atoms with Crippen LogP contribution in [0.5, 0.6) is 0 Å². The lowest BCUT2D eigenvalue weighted by molar-refractivity contribution is 0.0751. The highest BCUT2D eigenvalue weighted by Crippen LogP contribution is 2.30. The fraction of sp³-hybridized carbons (Fsp3) is 0.357. The summed E-state index contributed by atoms with van der Waals surface area (Å²) < 4.78 is 0. The molecule has 2 aliphatic rings. The molecule has 0 radical (unpaired) electrons. The smallest absolute Gasteiger partial charge is 0.264 e. The first kappa shape index (κ1) is 25.9. The Labute approximate surface area is 226 Å². The molecule has 1 saturated heterocycles. The number of anilines is 2. The van der Waals surface area contributed by atoms with Gasteiger partial charge in [0, 0.05) is 56.2 Å². The molecule has 1 saturated carbocycles. The number of hydrogen-bond acceptors (Lipinski definition) is 7. The van der Waals surface area contributed by atoms with Gasteiger partial charge in [0.2, 0.25) is 0 Å². The SMILES string of the molecule is NC1CCC(NC(=O)c2ccc(N3CCN(C(=O)c4cccs4)CC3)c(NC(=O)c3cccnc3)c2)CC1. The molecule has 5 rings (SSSR count). The summed E-state index contributed by atoms with van der Waals surface area (Å²) in [5, 5.41) is 8.02. The van der Waals surface area contributed by atoms with Gasteiger partial charge in [-0.3, -0.25) is 19.4 Å². The lowest BCUT2D eigenvalue weighted by Crippen LogP contribution is -2.48. The monoisotopic (exact) mass is 532 g/mol. The van der Waals surface area contributed by atoms with Gasteiger partial charge in [-0.1, -0.05) is 6.07 Å². The summed E-state index contributed by atoms with van der Waals surface area (Å²) >= 11 is 1.44. The molecule has 1 aliphatic carbocycles. The lowest BCUT2D eigenvalue weighted by atomic mass is 9.91. The third-order valence-electron chi connectivity index (χ3n) is 7.18. The number of benzene rings is 1. The fourth-order valence-electron chi connectivity index (χ4n) is 4.98. The van der Waals surface area contributed by atoms with Gasteiger partial charge >= 0.3 is 0 Å². The van der Waals surface area contributed by atoms with E-state index in [1.165, 1.54) is 17.5 Å². The molecular formula is C28H32N6O3S. The van der Waals surface area contributed by atoms with Crippen LogP contribution < -0.4 is 21.3 Å². The number of carbonyl (C=O) groups is 3. The Morgan fingerprint density at radius 3 is 2.39 bits per heavy atom. The van der Waals surface area contributed by atoms with Crippen molar-refractivity contribution in [3.05, 3.63) is 76.2 Å². The number of pyridine rings is 1. The second-order valence-corrected chi connectivity index (χ2v) is 10.7. The van der Waals surface area contributed by atoms with Crippen LogP contribution in [0.3, 0.4) is 0 Å². The van der Waals surface area contributed by atoms with Crippen LogP contribution in [0, 0.1) is 0 Å². The number of nitrogens with one attached hydrogen (secondary N) is 2. The predicted molar refractivity (Wildman–Crippen MR) is 149 cm³/mol. The summed E-state index contributed by atoms with van der Waals surface area (Å²) in [4.78, 5) is 47.7. The molecule has 3 heterocycles. The second kappa shape index (κ2) is 11.7. The second-order valence-electron chi connectivity index (χ2n) is 9.77. The van der Waals surface area contributed by atoms with E-state index in [9.17, 15) is 14.4 Å². The molecule has 10 heteroatoms. The first-order valence-corrected chi connectivity index (χ1v) is 13.9. The van der Waals surface area contributed by atoms with Crippen LogP contribution in [-0.4, -0.2) is 65.9 Å². The standard InChI is InChI=1S/C28H32N6O3S/c29-21-6-8-22(9-7-21)31-26(35)19-5-10-24(23(17-19)32-27(36)20-3-1-11-30-18-20)33-12-14-34(15-13-33)28(37)25-4-2-16-38-25/h1-5,10-11,16-18,21-22H,6-9,12-15,29H2,(H,31,35)(H,32,36). The summed E-state index contributed by atoms with van der Waals surface area (Å²) in [7, 11) is 0. The van der Waals surface area contributed by atoms with E-state index in [0.717, 1.165) is 36.2 Å². The molecule has 0 atom stereocenters. The molecule has 38 heavy (non-hydrogen) atoms. The molecule has 0 bridgehead atoms.